The van der Waals surface area contributed by atoms with Gasteiger partial charge in [-0.05, 0) is 30.3 Å². The number of carbonyl (C=O) groups excluding carboxylic acids is 2. The second-order valence-corrected chi connectivity index (χ2v) is 10.6. The molecule has 1 aliphatic heterocycles. The highest BCUT2D eigenvalue weighted by Gasteiger charge is 2.41. The summed E-state index contributed by atoms with van der Waals surface area (Å²) in [6, 6.07) is 25.0. The molecule has 0 saturated heterocycles. The number of nitro groups is 1. The predicted molar refractivity (Wildman–Crippen MR) is 147 cm³/mol. The van der Waals surface area contributed by atoms with Gasteiger partial charge in [0.1, 0.15) is 11.4 Å². The molecule has 0 saturated carbocycles. The minimum atomic E-state index is -4.42. The minimum absolute atomic E-state index is 0.0291. The number of para-hydroxylation sites is 2. The fourth-order valence-electron chi connectivity index (χ4n) is 4.34. The summed E-state index contributed by atoms with van der Waals surface area (Å²) in [6.45, 7) is -0.756. The third kappa shape index (κ3) is 4.81. The zero-order valence-corrected chi connectivity index (χ0v) is 21.5. The number of phenols is 1. The first kappa shape index (κ1) is 26.3. The molecule has 1 aliphatic rings. The van der Waals surface area contributed by atoms with Gasteiger partial charge in [-0.1, -0.05) is 60.7 Å². The molecule has 10 nitrogen and oxygen atoms in total. The number of hydrogen-bond donors (Lipinski definition) is 2. The van der Waals surface area contributed by atoms with Crippen molar-refractivity contribution in [2.75, 3.05) is 11.9 Å². The fourth-order valence-corrected chi connectivity index (χ4v) is 5.98. The molecule has 40 heavy (non-hydrogen) atoms. The highest BCUT2D eigenvalue weighted by Crippen LogP contribution is 2.40. The van der Waals surface area contributed by atoms with Crippen LogP contribution in [-0.2, 0) is 10.0 Å². The van der Waals surface area contributed by atoms with Crippen LogP contribution in [-0.4, -0.2) is 40.9 Å². The molecule has 11 heteroatoms. The maximum atomic E-state index is 14.0. The van der Waals surface area contributed by atoms with Crippen LogP contribution >= 0.6 is 0 Å². The van der Waals surface area contributed by atoms with Crippen LogP contribution in [0.4, 0.5) is 11.4 Å². The molecule has 0 bridgehead atoms. The number of nitrogens with zero attached hydrogens (tertiary/aromatic N) is 2. The zero-order chi connectivity index (χ0) is 28.4. The Morgan fingerprint density at radius 2 is 1.45 bits per heavy atom. The molecule has 1 heterocycles. The van der Waals surface area contributed by atoms with E-state index in [9.17, 15) is 33.2 Å². The van der Waals surface area contributed by atoms with Crippen LogP contribution in [0.2, 0.25) is 0 Å². The van der Waals surface area contributed by atoms with Gasteiger partial charge in [0.25, 0.3) is 15.7 Å². The van der Waals surface area contributed by atoms with E-state index in [1.165, 1.54) is 48.5 Å². The molecule has 0 atom stereocenters. The van der Waals surface area contributed by atoms with Gasteiger partial charge in [0.05, 0.1) is 27.7 Å². The molecule has 2 N–H and O–H groups in total. The van der Waals surface area contributed by atoms with Gasteiger partial charge < -0.3 is 10.4 Å². The van der Waals surface area contributed by atoms with Gasteiger partial charge in [-0.2, -0.15) is 0 Å². The van der Waals surface area contributed by atoms with E-state index in [1.807, 2.05) is 0 Å². The molecular weight excluding hydrogens is 534 g/mol. The largest absolute Gasteiger partial charge is 0.506 e. The number of aromatic hydroxyl groups is 1. The molecule has 200 valence electrons. The SMILES string of the molecule is O=C(CN1C(C(=O)c2ccccc2)=C(Nc2ccccc2O)c2ccccc2S1(=O)=O)c1ccc([N+](=O)[O-])cc1. The van der Waals surface area contributed by atoms with Crippen LogP contribution in [0.5, 0.6) is 5.75 Å². The van der Waals surface area contributed by atoms with E-state index in [-0.39, 0.29) is 50.1 Å². The van der Waals surface area contributed by atoms with Crippen LogP contribution in [0.15, 0.2) is 114 Å². The first-order valence-electron chi connectivity index (χ1n) is 12.0. The van der Waals surface area contributed by atoms with E-state index in [2.05, 4.69) is 5.32 Å². The smallest absolute Gasteiger partial charge is 0.269 e. The number of hydrogen-bond acceptors (Lipinski definition) is 8. The lowest BCUT2D eigenvalue weighted by atomic mass is 10.0. The average molecular weight is 556 g/mol. The highest BCUT2D eigenvalue weighted by atomic mass is 32.2. The van der Waals surface area contributed by atoms with Crippen molar-refractivity contribution in [1.82, 2.24) is 4.31 Å². The van der Waals surface area contributed by atoms with Gasteiger partial charge in [0.2, 0.25) is 5.78 Å². The Hall–Kier alpha value is -5.29. The molecule has 0 unspecified atom stereocenters. The van der Waals surface area contributed by atoms with Crippen LogP contribution in [0.1, 0.15) is 26.3 Å². The van der Waals surface area contributed by atoms with Crippen molar-refractivity contribution in [3.8, 4) is 5.75 Å². The molecule has 0 radical (unpaired) electrons. The monoisotopic (exact) mass is 555 g/mol. The predicted octanol–water partition coefficient (Wildman–Crippen LogP) is 4.85. The Bertz CT molecular complexity index is 1780. The number of benzene rings is 4. The lowest BCUT2D eigenvalue weighted by Gasteiger charge is -2.33. The second kappa shape index (κ2) is 10.5. The Labute approximate surface area is 229 Å². The number of Topliss-reactive ketones (excluding diaryl/α,β-unsaturated/α-hetero) is 2. The summed E-state index contributed by atoms with van der Waals surface area (Å²) >= 11 is 0. The van der Waals surface area contributed by atoms with Crippen LogP contribution < -0.4 is 5.32 Å². The maximum absolute atomic E-state index is 14.0. The number of allylic oxidation sites excluding steroid dienone is 1. The Kier molecular flexibility index (Phi) is 6.89. The topological polar surface area (TPSA) is 147 Å². The standard InChI is InChI=1S/C29H21N3O7S/c33-24-12-6-5-11-23(24)30-27-22-10-4-7-13-26(22)40(38,39)31(28(27)29(35)20-8-2-1-3-9-20)18-25(34)19-14-16-21(17-15-19)32(36)37/h1-17,30,33H,18H2. The number of phenolic OH excluding ortho intramolecular Hbond substituents is 1. The summed E-state index contributed by atoms with van der Waals surface area (Å²) in [6.07, 6.45) is 0. The van der Waals surface area contributed by atoms with Gasteiger partial charge in [0, 0.05) is 28.8 Å². The maximum Gasteiger partial charge on any atom is 0.269 e. The van der Waals surface area contributed by atoms with E-state index in [1.54, 1.807) is 42.5 Å². The molecule has 0 amide bonds. The summed E-state index contributed by atoms with van der Waals surface area (Å²) < 4.78 is 28.6. The number of nitrogens with one attached hydrogen (secondary N) is 1. The van der Waals surface area contributed by atoms with E-state index in [0.717, 1.165) is 16.4 Å². The summed E-state index contributed by atoms with van der Waals surface area (Å²) in [5.41, 5.74) is 0.138. The van der Waals surface area contributed by atoms with Gasteiger partial charge in [-0.15, -0.1) is 0 Å². The van der Waals surface area contributed by atoms with Crippen LogP contribution in [0.3, 0.4) is 0 Å². The molecule has 0 fully saturated rings. The number of anilines is 1. The van der Waals surface area contributed by atoms with Crippen molar-refractivity contribution in [2.24, 2.45) is 0 Å². The summed E-state index contributed by atoms with van der Waals surface area (Å²) in [4.78, 5) is 37.6. The molecule has 0 aromatic heterocycles. The van der Waals surface area contributed by atoms with Gasteiger partial charge in [0.15, 0.2) is 5.78 Å². The van der Waals surface area contributed by atoms with Crippen molar-refractivity contribution in [1.29, 1.82) is 0 Å². The van der Waals surface area contributed by atoms with E-state index >= 15 is 0 Å². The summed E-state index contributed by atoms with van der Waals surface area (Å²) in [5, 5.41) is 24.5. The molecule has 4 aromatic rings. The molecule has 4 aromatic carbocycles. The van der Waals surface area contributed by atoms with E-state index < -0.39 is 33.1 Å². The second-order valence-electron chi connectivity index (χ2n) is 8.80. The highest BCUT2D eigenvalue weighted by molar-refractivity contribution is 7.89. The molecule has 0 spiro atoms. The number of non-ortho nitro benzene ring substituents is 1. The summed E-state index contributed by atoms with van der Waals surface area (Å²) in [5.74, 6) is -1.49. The Balaban J connectivity index is 1.71. The molecule has 5 rings (SSSR count). The van der Waals surface area contributed by atoms with E-state index in [4.69, 9.17) is 0 Å². The third-order valence-corrected chi connectivity index (χ3v) is 8.12. The van der Waals surface area contributed by atoms with Crippen molar-refractivity contribution in [3.05, 3.63) is 136 Å². The molecular formula is C29H21N3O7S. The van der Waals surface area contributed by atoms with Crippen molar-refractivity contribution in [3.63, 3.8) is 0 Å². The lowest BCUT2D eigenvalue weighted by molar-refractivity contribution is -0.384. The number of ketones is 2. The fraction of sp³-hybridized carbons (Fsp3) is 0.0345. The molecule has 0 aliphatic carbocycles. The van der Waals surface area contributed by atoms with Gasteiger partial charge in [-0.3, -0.25) is 24.0 Å². The number of fused-ring (bicyclic) bond motifs is 1. The quantitative estimate of drug-likeness (QED) is 0.136. The first-order chi connectivity index (χ1) is 19.2. The first-order valence-corrected chi connectivity index (χ1v) is 13.4. The number of sulfonamides is 1. The Morgan fingerprint density at radius 3 is 2.12 bits per heavy atom. The zero-order valence-electron chi connectivity index (χ0n) is 20.7. The van der Waals surface area contributed by atoms with Crippen molar-refractivity contribution < 1.29 is 28.0 Å². The normalized spacial score (nSPS) is 13.8. The third-order valence-electron chi connectivity index (χ3n) is 6.31. The number of carbonyl (C=O) groups is 2. The van der Waals surface area contributed by atoms with Crippen LogP contribution in [0.25, 0.3) is 5.70 Å². The van der Waals surface area contributed by atoms with Gasteiger partial charge in [-0.25, -0.2) is 8.42 Å². The van der Waals surface area contributed by atoms with Crippen molar-refractivity contribution >= 4 is 38.7 Å². The average Bonchev–Trinajstić information content (AvgIpc) is 2.97. The number of nitro benzene ring substituents is 1. The van der Waals surface area contributed by atoms with Crippen molar-refractivity contribution in [2.45, 2.75) is 4.90 Å². The lowest BCUT2D eigenvalue weighted by Crippen LogP contribution is -2.42. The van der Waals surface area contributed by atoms with Crippen LogP contribution in [0, 0.1) is 10.1 Å². The summed E-state index contributed by atoms with van der Waals surface area (Å²) in [7, 11) is -4.42. The Morgan fingerprint density at radius 1 is 0.825 bits per heavy atom. The van der Waals surface area contributed by atoms with E-state index in [0.29, 0.717) is 0 Å². The number of rotatable bonds is 8. The minimum Gasteiger partial charge on any atom is -0.506 e. The van der Waals surface area contributed by atoms with Gasteiger partial charge >= 0.3 is 0 Å².